The lowest BCUT2D eigenvalue weighted by Gasteiger charge is -2.05. The summed E-state index contributed by atoms with van der Waals surface area (Å²) in [5.74, 6) is -0.192. The summed E-state index contributed by atoms with van der Waals surface area (Å²) in [5.41, 5.74) is 6.53. The quantitative estimate of drug-likeness (QED) is 0.772. The number of anilines is 1. The van der Waals surface area contributed by atoms with Gasteiger partial charge < -0.3 is 10.8 Å². The van der Waals surface area contributed by atoms with Gasteiger partial charge in [0.1, 0.15) is 12.4 Å². The lowest BCUT2D eigenvalue weighted by molar-refractivity contribution is -0.137. The molecule has 0 bridgehead atoms. The Morgan fingerprint density at radius 1 is 1.73 bits per heavy atom. The number of rotatable bonds is 5. The number of aliphatic carboxylic acids is 1. The maximum absolute atomic E-state index is 10.5. The summed E-state index contributed by atoms with van der Waals surface area (Å²) in [6, 6.07) is 1.75. The number of hydrogen-bond donors (Lipinski definition) is 2. The second-order valence-corrected chi connectivity index (χ2v) is 3.74. The number of carboxylic acids is 1. The van der Waals surface area contributed by atoms with E-state index in [0.29, 0.717) is 11.7 Å². The first-order valence-electron chi connectivity index (χ1n) is 5.09. The molecule has 15 heavy (non-hydrogen) atoms. The van der Waals surface area contributed by atoms with Crippen LogP contribution in [-0.2, 0) is 11.3 Å². The second kappa shape index (κ2) is 4.82. The lowest BCUT2D eigenvalue weighted by atomic mass is 10.0. The molecule has 0 saturated carbocycles. The fourth-order valence-electron chi connectivity index (χ4n) is 1.53. The first-order valence-corrected chi connectivity index (χ1v) is 5.09. The van der Waals surface area contributed by atoms with Crippen LogP contribution in [0.4, 0.5) is 5.82 Å². The summed E-state index contributed by atoms with van der Waals surface area (Å²) < 4.78 is 1.32. The Morgan fingerprint density at radius 3 is 2.93 bits per heavy atom. The van der Waals surface area contributed by atoms with E-state index in [1.807, 2.05) is 0 Å². The van der Waals surface area contributed by atoms with Gasteiger partial charge in [-0.2, -0.15) is 5.10 Å². The Bertz CT molecular complexity index is 346. The van der Waals surface area contributed by atoms with Crippen LogP contribution < -0.4 is 5.73 Å². The second-order valence-electron chi connectivity index (χ2n) is 3.74. The van der Waals surface area contributed by atoms with Crippen LogP contribution in [0.25, 0.3) is 0 Å². The molecule has 3 N–H and O–H groups in total. The van der Waals surface area contributed by atoms with Crippen molar-refractivity contribution in [3.63, 3.8) is 0 Å². The summed E-state index contributed by atoms with van der Waals surface area (Å²) in [4.78, 5) is 10.5. The highest BCUT2D eigenvalue weighted by atomic mass is 16.4. The maximum atomic E-state index is 10.5. The van der Waals surface area contributed by atoms with Crippen molar-refractivity contribution in [3.8, 4) is 0 Å². The van der Waals surface area contributed by atoms with Crippen molar-refractivity contribution >= 4 is 11.8 Å². The first kappa shape index (κ1) is 11.6. The van der Waals surface area contributed by atoms with Gasteiger partial charge in [0.25, 0.3) is 0 Å². The van der Waals surface area contributed by atoms with Crippen LogP contribution >= 0.6 is 0 Å². The number of nitrogens with zero attached hydrogens (tertiary/aromatic N) is 2. The van der Waals surface area contributed by atoms with E-state index in [2.05, 4.69) is 18.9 Å². The molecule has 0 radical (unpaired) electrons. The molecule has 5 heteroatoms. The minimum absolute atomic E-state index is 0.176. The molecule has 0 saturated heterocycles. The minimum Gasteiger partial charge on any atom is -0.480 e. The summed E-state index contributed by atoms with van der Waals surface area (Å²) >= 11 is 0. The molecular weight excluding hydrogens is 194 g/mol. The molecule has 0 fully saturated rings. The molecule has 1 unspecified atom stereocenters. The highest BCUT2D eigenvalue weighted by Crippen LogP contribution is 2.20. The van der Waals surface area contributed by atoms with Crippen LogP contribution in [-0.4, -0.2) is 20.9 Å². The van der Waals surface area contributed by atoms with Crippen molar-refractivity contribution in [1.82, 2.24) is 9.78 Å². The predicted octanol–water partition coefficient (Wildman–Crippen LogP) is 1.45. The molecule has 0 aliphatic carbocycles. The third-order valence-electron chi connectivity index (χ3n) is 2.34. The monoisotopic (exact) mass is 211 g/mol. The van der Waals surface area contributed by atoms with Gasteiger partial charge in [0, 0.05) is 12.0 Å². The van der Waals surface area contributed by atoms with Gasteiger partial charge in [-0.05, 0) is 6.42 Å². The van der Waals surface area contributed by atoms with Gasteiger partial charge in [-0.25, -0.2) is 4.68 Å². The molecule has 84 valence electrons. The summed E-state index contributed by atoms with van der Waals surface area (Å²) in [5, 5.41) is 12.8. The number of carbonyl (C=O) groups is 1. The van der Waals surface area contributed by atoms with E-state index < -0.39 is 5.97 Å². The van der Waals surface area contributed by atoms with E-state index in [-0.39, 0.29) is 6.54 Å². The van der Waals surface area contributed by atoms with Crippen molar-refractivity contribution < 1.29 is 9.90 Å². The third kappa shape index (κ3) is 2.97. The number of aromatic nitrogens is 2. The normalized spacial score (nSPS) is 12.7. The zero-order valence-corrected chi connectivity index (χ0v) is 9.10. The van der Waals surface area contributed by atoms with E-state index in [9.17, 15) is 4.79 Å². The smallest absolute Gasteiger partial charge is 0.325 e. The van der Waals surface area contributed by atoms with Crippen LogP contribution in [0.1, 0.15) is 38.3 Å². The van der Waals surface area contributed by atoms with Crippen LogP contribution in [0.3, 0.4) is 0 Å². The highest BCUT2D eigenvalue weighted by molar-refractivity contribution is 5.67. The number of nitrogens with two attached hydrogens (primary N) is 1. The molecule has 5 nitrogen and oxygen atoms in total. The maximum Gasteiger partial charge on any atom is 0.325 e. The molecule has 0 amide bonds. The largest absolute Gasteiger partial charge is 0.480 e. The Kier molecular flexibility index (Phi) is 3.71. The average Bonchev–Trinajstić information content (AvgIpc) is 2.47. The van der Waals surface area contributed by atoms with Crippen molar-refractivity contribution in [2.45, 2.75) is 39.2 Å². The standard InChI is InChI=1S/C10H17N3O2/c1-3-4-7(2)8-5-9(11)13(12-8)6-10(14)15/h5,7H,3-4,6,11H2,1-2H3,(H,14,15). The van der Waals surface area contributed by atoms with E-state index in [0.717, 1.165) is 18.5 Å². The van der Waals surface area contributed by atoms with Crippen molar-refractivity contribution in [2.75, 3.05) is 5.73 Å². The topological polar surface area (TPSA) is 81.1 Å². The van der Waals surface area contributed by atoms with Gasteiger partial charge in [0.2, 0.25) is 0 Å². The molecule has 1 atom stereocenters. The molecule has 1 aromatic rings. The number of carboxylic acid groups (broad SMARTS) is 1. The van der Waals surface area contributed by atoms with Crippen LogP contribution in [0.2, 0.25) is 0 Å². The summed E-state index contributed by atoms with van der Waals surface area (Å²) in [6.45, 7) is 4.00. The van der Waals surface area contributed by atoms with E-state index in [1.165, 1.54) is 4.68 Å². The predicted molar refractivity (Wildman–Crippen MR) is 57.6 cm³/mol. The Hall–Kier alpha value is -1.52. The molecular formula is C10H17N3O2. The first-order chi connectivity index (χ1) is 7.04. The Morgan fingerprint density at radius 2 is 2.40 bits per heavy atom. The van der Waals surface area contributed by atoms with Gasteiger partial charge in [-0.1, -0.05) is 20.3 Å². The minimum atomic E-state index is -0.931. The average molecular weight is 211 g/mol. The van der Waals surface area contributed by atoms with Gasteiger partial charge in [0.15, 0.2) is 0 Å². The van der Waals surface area contributed by atoms with Gasteiger partial charge >= 0.3 is 5.97 Å². The Balaban J connectivity index is 2.80. The molecule has 1 heterocycles. The number of hydrogen-bond acceptors (Lipinski definition) is 3. The van der Waals surface area contributed by atoms with E-state index >= 15 is 0 Å². The van der Waals surface area contributed by atoms with Gasteiger partial charge in [-0.3, -0.25) is 4.79 Å². The fourth-order valence-corrected chi connectivity index (χ4v) is 1.53. The van der Waals surface area contributed by atoms with Crippen molar-refractivity contribution in [1.29, 1.82) is 0 Å². The molecule has 0 aliphatic rings. The zero-order chi connectivity index (χ0) is 11.4. The SMILES string of the molecule is CCCC(C)c1cc(N)n(CC(=O)O)n1. The molecule has 1 aromatic heterocycles. The molecule has 0 aromatic carbocycles. The van der Waals surface area contributed by atoms with Crippen LogP contribution in [0, 0.1) is 0 Å². The third-order valence-corrected chi connectivity index (χ3v) is 2.34. The van der Waals surface area contributed by atoms with Crippen LogP contribution in [0.15, 0.2) is 6.07 Å². The van der Waals surface area contributed by atoms with E-state index in [4.69, 9.17) is 10.8 Å². The summed E-state index contributed by atoms with van der Waals surface area (Å²) in [7, 11) is 0. The lowest BCUT2D eigenvalue weighted by Crippen LogP contribution is -2.12. The summed E-state index contributed by atoms with van der Waals surface area (Å²) in [6.07, 6.45) is 2.11. The zero-order valence-electron chi connectivity index (χ0n) is 9.10. The van der Waals surface area contributed by atoms with Crippen molar-refractivity contribution in [2.24, 2.45) is 0 Å². The van der Waals surface area contributed by atoms with Crippen molar-refractivity contribution in [3.05, 3.63) is 11.8 Å². The van der Waals surface area contributed by atoms with Gasteiger partial charge in [0.05, 0.1) is 5.69 Å². The van der Waals surface area contributed by atoms with Gasteiger partial charge in [-0.15, -0.1) is 0 Å². The molecule has 0 spiro atoms. The van der Waals surface area contributed by atoms with Crippen LogP contribution in [0.5, 0.6) is 0 Å². The fraction of sp³-hybridized carbons (Fsp3) is 0.600. The molecule has 0 aliphatic heterocycles. The van der Waals surface area contributed by atoms with E-state index in [1.54, 1.807) is 6.07 Å². The Labute approximate surface area is 88.9 Å². The number of nitrogen functional groups attached to an aromatic ring is 1. The molecule has 1 rings (SSSR count). The highest BCUT2D eigenvalue weighted by Gasteiger charge is 2.12.